The summed E-state index contributed by atoms with van der Waals surface area (Å²) in [5, 5.41) is 10.6. The predicted octanol–water partition coefficient (Wildman–Crippen LogP) is 3.88. The van der Waals surface area contributed by atoms with Gasteiger partial charge >= 0.3 is 0 Å². The third kappa shape index (κ3) is 5.64. The van der Waals surface area contributed by atoms with Crippen LogP contribution in [0.4, 0.5) is 5.69 Å². The van der Waals surface area contributed by atoms with E-state index >= 15 is 0 Å². The second kappa shape index (κ2) is 8.73. The fraction of sp³-hybridized carbons (Fsp3) is 0.647. The van der Waals surface area contributed by atoms with E-state index < -0.39 is 4.92 Å². The average Bonchev–Trinajstić information content (AvgIpc) is 2.51. The fourth-order valence-electron chi connectivity index (χ4n) is 2.96. The first-order valence-electron chi connectivity index (χ1n) is 8.25. The van der Waals surface area contributed by atoms with E-state index in [9.17, 15) is 10.1 Å². The van der Waals surface area contributed by atoms with Crippen molar-refractivity contribution < 1.29 is 9.66 Å². The van der Waals surface area contributed by atoms with Crippen LogP contribution in [0.15, 0.2) is 24.3 Å². The highest BCUT2D eigenvalue weighted by Gasteiger charge is 2.15. The molecule has 0 radical (unpaired) electrons. The number of hydrogen-bond donors (Lipinski definition) is 0. The van der Waals surface area contributed by atoms with Crippen molar-refractivity contribution in [2.24, 2.45) is 5.92 Å². The molecule has 0 spiro atoms. The molecule has 1 atom stereocenters. The summed E-state index contributed by atoms with van der Waals surface area (Å²) >= 11 is 0. The van der Waals surface area contributed by atoms with Gasteiger partial charge in [-0.1, -0.05) is 6.92 Å². The molecule has 1 aliphatic heterocycles. The zero-order valence-corrected chi connectivity index (χ0v) is 13.4. The number of rotatable bonds is 8. The summed E-state index contributed by atoms with van der Waals surface area (Å²) in [6.07, 6.45) is 6.12. The minimum Gasteiger partial charge on any atom is -0.494 e. The zero-order valence-electron chi connectivity index (χ0n) is 13.4. The van der Waals surface area contributed by atoms with Crippen LogP contribution < -0.4 is 4.74 Å². The Labute approximate surface area is 132 Å². The molecule has 0 N–H and O–H groups in total. The lowest BCUT2D eigenvalue weighted by molar-refractivity contribution is -0.384. The van der Waals surface area contributed by atoms with Crippen LogP contribution in [-0.2, 0) is 0 Å². The molecule has 0 bridgehead atoms. The normalized spacial score (nSPS) is 19.0. The number of piperidine rings is 1. The summed E-state index contributed by atoms with van der Waals surface area (Å²) < 4.78 is 5.61. The summed E-state index contributed by atoms with van der Waals surface area (Å²) in [6.45, 7) is 6.71. The van der Waals surface area contributed by atoms with Gasteiger partial charge in [0.1, 0.15) is 5.75 Å². The second-order valence-electron chi connectivity index (χ2n) is 6.21. The van der Waals surface area contributed by atoms with Gasteiger partial charge in [-0.15, -0.1) is 0 Å². The van der Waals surface area contributed by atoms with Gasteiger partial charge in [-0.3, -0.25) is 10.1 Å². The Morgan fingerprint density at radius 2 is 2.05 bits per heavy atom. The van der Waals surface area contributed by atoms with Gasteiger partial charge < -0.3 is 9.64 Å². The smallest absolute Gasteiger partial charge is 0.269 e. The van der Waals surface area contributed by atoms with Crippen LogP contribution in [0.25, 0.3) is 0 Å². The highest BCUT2D eigenvalue weighted by molar-refractivity contribution is 5.35. The third-order valence-electron chi connectivity index (χ3n) is 4.18. The van der Waals surface area contributed by atoms with Gasteiger partial charge in [-0.25, -0.2) is 0 Å². The minimum absolute atomic E-state index is 0.100. The molecule has 0 amide bonds. The van der Waals surface area contributed by atoms with Crippen molar-refractivity contribution in [2.45, 2.75) is 39.0 Å². The second-order valence-corrected chi connectivity index (χ2v) is 6.21. The molecular formula is C17H26N2O3. The van der Waals surface area contributed by atoms with Crippen LogP contribution in [0.3, 0.4) is 0 Å². The quantitative estimate of drug-likeness (QED) is 0.415. The molecule has 0 aliphatic carbocycles. The molecule has 1 unspecified atom stereocenters. The summed E-state index contributed by atoms with van der Waals surface area (Å²) in [6, 6.07) is 6.28. The van der Waals surface area contributed by atoms with Gasteiger partial charge in [-0.05, 0) is 63.2 Å². The summed E-state index contributed by atoms with van der Waals surface area (Å²) in [4.78, 5) is 12.7. The largest absolute Gasteiger partial charge is 0.494 e. The Kier molecular flexibility index (Phi) is 6.65. The molecule has 22 heavy (non-hydrogen) atoms. The van der Waals surface area contributed by atoms with Gasteiger partial charge in [0.25, 0.3) is 5.69 Å². The summed E-state index contributed by atoms with van der Waals surface area (Å²) in [5.41, 5.74) is 0.100. The van der Waals surface area contributed by atoms with E-state index in [0.717, 1.165) is 18.8 Å². The Morgan fingerprint density at radius 1 is 1.27 bits per heavy atom. The van der Waals surface area contributed by atoms with E-state index in [4.69, 9.17) is 4.74 Å². The first-order chi connectivity index (χ1) is 10.6. The SMILES string of the molecule is CC1CCCN(CCCCCOc2ccc([N+](=O)[O-])cc2)C1. The van der Waals surface area contributed by atoms with Gasteiger partial charge in [-0.2, -0.15) is 0 Å². The first kappa shape index (κ1) is 16.7. The van der Waals surface area contributed by atoms with Crippen LogP contribution in [-0.4, -0.2) is 36.1 Å². The molecule has 0 saturated carbocycles. The molecule has 1 aromatic rings. The highest BCUT2D eigenvalue weighted by atomic mass is 16.6. The number of nitro benzene ring substituents is 1. The number of likely N-dealkylation sites (tertiary alicyclic amines) is 1. The van der Waals surface area contributed by atoms with Crippen LogP contribution in [0, 0.1) is 16.0 Å². The van der Waals surface area contributed by atoms with E-state index in [1.165, 1.54) is 51.0 Å². The standard InChI is InChI=1S/C17H26N2O3/c1-15-6-5-12-18(14-15)11-3-2-4-13-22-17-9-7-16(8-10-17)19(20)21/h7-10,15H,2-6,11-14H2,1H3. The number of non-ortho nitro benzene ring substituents is 1. The molecule has 1 fully saturated rings. The molecule has 0 aromatic heterocycles. The topological polar surface area (TPSA) is 55.6 Å². The maximum atomic E-state index is 10.6. The van der Waals surface area contributed by atoms with E-state index in [-0.39, 0.29) is 5.69 Å². The molecule has 2 rings (SSSR count). The zero-order chi connectivity index (χ0) is 15.8. The van der Waals surface area contributed by atoms with Gasteiger partial charge in [0.2, 0.25) is 0 Å². The number of ether oxygens (including phenoxy) is 1. The number of nitrogens with zero attached hydrogens (tertiary/aromatic N) is 2. The molecule has 1 aliphatic rings. The van der Waals surface area contributed by atoms with Gasteiger partial charge in [0, 0.05) is 18.7 Å². The maximum absolute atomic E-state index is 10.6. The Morgan fingerprint density at radius 3 is 2.73 bits per heavy atom. The average molecular weight is 306 g/mol. The molecule has 1 heterocycles. The Bertz CT molecular complexity index is 461. The van der Waals surface area contributed by atoms with E-state index in [1.807, 2.05) is 0 Å². The van der Waals surface area contributed by atoms with Crippen molar-refractivity contribution in [3.63, 3.8) is 0 Å². The Hall–Kier alpha value is -1.62. The van der Waals surface area contributed by atoms with Crippen molar-refractivity contribution in [3.8, 4) is 5.75 Å². The van der Waals surface area contributed by atoms with Crippen molar-refractivity contribution in [3.05, 3.63) is 34.4 Å². The van der Waals surface area contributed by atoms with Gasteiger partial charge in [0.05, 0.1) is 11.5 Å². The molecular weight excluding hydrogens is 280 g/mol. The predicted molar refractivity (Wildman–Crippen MR) is 87.3 cm³/mol. The molecule has 1 saturated heterocycles. The molecule has 1 aromatic carbocycles. The molecule has 5 heteroatoms. The van der Waals surface area contributed by atoms with Crippen molar-refractivity contribution >= 4 is 5.69 Å². The van der Waals surface area contributed by atoms with Crippen LogP contribution in [0.2, 0.25) is 0 Å². The monoisotopic (exact) mass is 306 g/mol. The van der Waals surface area contributed by atoms with Crippen LogP contribution in [0.5, 0.6) is 5.75 Å². The highest BCUT2D eigenvalue weighted by Crippen LogP contribution is 2.18. The van der Waals surface area contributed by atoms with E-state index in [2.05, 4.69) is 11.8 Å². The lowest BCUT2D eigenvalue weighted by atomic mass is 10.00. The molecule has 122 valence electrons. The summed E-state index contributed by atoms with van der Waals surface area (Å²) in [5.74, 6) is 1.55. The van der Waals surface area contributed by atoms with Crippen molar-refractivity contribution in [1.82, 2.24) is 4.90 Å². The Balaban J connectivity index is 1.54. The maximum Gasteiger partial charge on any atom is 0.269 e. The van der Waals surface area contributed by atoms with E-state index in [1.54, 1.807) is 12.1 Å². The number of hydrogen-bond acceptors (Lipinski definition) is 4. The lowest BCUT2D eigenvalue weighted by Crippen LogP contribution is -2.34. The van der Waals surface area contributed by atoms with Crippen LogP contribution >= 0.6 is 0 Å². The number of unbranched alkanes of at least 4 members (excludes halogenated alkanes) is 2. The number of benzene rings is 1. The van der Waals surface area contributed by atoms with Crippen molar-refractivity contribution in [1.29, 1.82) is 0 Å². The number of nitro groups is 1. The lowest BCUT2D eigenvalue weighted by Gasteiger charge is -2.30. The third-order valence-corrected chi connectivity index (χ3v) is 4.18. The minimum atomic E-state index is -0.398. The van der Waals surface area contributed by atoms with Crippen LogP contribution in [0.1, 0.15) is 39.0 Å². The molecule has 5 nitrogen and oxygen atoms in total. The summed E-state index contributed by atoms with van der Waals surface area (Å²) in [7, 11) is 0. The van der Waals surface area contributed by atoms with Crippen molar-refractivity contribution in [2.75, 3.05) is 26.2 Å². The first-order valence-corrected chi connectivity index (χ1v) is 8.25. The fourth-order valence-corrected chi connectivity index (χ4v) is 2.96. The van der Waals surface area contributed by atoms with Gasteiger partial charge in [0.15, 0.2) is 0 Å². The van der Waals surface area contributed by atoms with E-state index in [0.29, 0.717) is 12.4 Å².